The minimum Gasteiger partial charge on any atom is -0.394 e. The number of anilines is 1. The third kappa shape index (κ3) is 6.27. The summed E-state index contributed by atoms with van der Waals surface area (Å²) in [6, 6.07) is 9.35. The second-order valence-electron chi connectivity index (χ2n) is 6.90. The van der Waals surface area contributed by atoms with E-state index in [9.17, 15) is 23.5 Å². The number of hydrogen-bond donors (Lipinski definition) is 3. The van der Waals surface area contributed by atoms with Crippen molar-refractivity contribution in [3.05, 3.63) is 82.6 Å². The summed E-state index contributed by atoms with van der Waals surface area (Å²) in [6.07, 6.45) is 1.58. The van der Waals surface area contributed by atoms with Crippen LogP contribution in [-0.2, 0) is 11.3 Å². The van der Waals surface area contributed by atoms with Crippen molar-refractivity contribution in [3.63, 3.8) is 0 Å². The van der Waals surface area contributed by atoms with Crippen LogP contribution in [0.5, 0.6) is 0 Å². The molecule has 3 rings (SSSR count). The minimum atomic E-state index is -0.915. The number of allylic oxidation sites excluding steroid dienone is 1. The van der Waals surface area contributed by atoms with Crippen molar-refractivity contribution < 1.29 is 23.5 Å². The molecule has 0 aliphatic heterocycles. The highest BCUT2D eigenvalue weighted by molar-refractivity contribution is 9.10. The first kappa shape index (κ1) is 25.5. The molecule has 0 spiro atoms. The van der Waals surface area contributed by atoms with Gasteiger partial charge in [-0.1, -0.05) is 36.0 Å². The lowest BCUT2D eigenvalue weighted by molar-refractivity contribution is -0.113. The minimum absolute atomic E-state index is 0.0698. The molecule has 1 heterocycles. The van der Waals surface area contributed by atoms with Crippen LogP contribution in [0.3, 0.4) is 0 Å². The van der Waals surface area contributed by atoms with Crippen LogP contribution in [0.1, 0.15) is 22.2 Å². The number of aliphatic hydroxyl groups excluding tert-OH is 1. The Morgan fingerprint density at radius 3 is 2.62 bits per heavy atom. The van der Waals surface area contributed by atoms with Crippen LogP contribution in [-0.4, -0.2) is 44.0 Å². The quantitative estimate of drug-likeness (QED) is 0.262. The van der Waals surface area contributed by atoms with Gasteiger partial charge in [0.2, 0.25) is 5.91 Å². The molecule has 0 saturated heterocycles. The standard InChI is InChI=1S/C22H20BrF2N5O3S/c1-2-8-30-20(17(11-31)26-21(33)13-6-4-3-5-7-13)28-29-22(30)34-12-18(32)27-19-15(23)9-14(24)10-16(19)25/h2-7,9-10,17,31H,1,8,11-12H2,(H,26,33)(H,27,32)/t17-/m1/s1. The van der Waals surface area contributed by atoms with E-state index in [0.29, 0.717) is 16.8 Å². The summed E-state index contributed by atoms with van der Waals surface area (Å²) in [5.74, 6) is -2.52. The highest BCUT2D eigenvalue weighted by atomic mass is 79.9. The molecular formula is C22H20BrF2N5O3S. The SMILES string of the molecule is C=CCn1c(SCC(=O)Nc2c(F)cc(F)cc2Br)nnc1[C@@H](CO)NC(=O)c1ccccc1. The van der Waals surface area contributed by atoms with Crippen molar-refractivity contribution in [1.29, 1.82) is 0 Å². The van der Waals surface area contributed by atoms with Crippen molar-refractivity contribution in [2.24, 2.45) is 0 Å². The number of rotatable bonds is 10. The molecule has 1 aromatic heterocycles. The predicted octanol–water partition coefficient (Wildman–Crippen LogP) is 3.70. The van der Waals surface area contributed by atoms with Gasteiger partial charge >= 0.3 is 0 Å². The molecule has 2 amide bonds. The van der Waals surface area contributed by atoms with E-state index in [1.165, 1.54) is 0 Å². The first-order chi connectivity index (χ1) is 16.3. The number of halogens is 3. The van der Waals surface area contributed by atoms with E-state index in [2.05, 4.69) is 43.3 Å². The van der Waals surface area contributed by atoms with E-state index < -0.39 is 36.1 Å². The first-order valence-corrected chi connectivity index (χ1v) is 11.7. The van der Waals surface area contributed by atoms with E-state index >= 15 is 0 Å². The summed E-state index contributed by atoms with van der Waals surface area (Å²) < 4.78 is 28.9. The summed E-state index contributed by atoms with van der Waals surface area (Å²) in [4.78, 5) is 24.9. The Morgan fingerprint density at radius 2 is 1.97 bits per heavy atom. The maximum Gasteiger partial charge on any atom is 0.251 e. The average Bonchev–Trinajstić information content (AvgIpc) is 3.21. The number of nitrogens with zero attached hydrogens (tertiary/aromatic N) is 3. The molecule has 3 aromatic rings. The number of carbonyl (C=O) groups is 2. The van der Waals surface area contributed by atoms with Crippen LogP contribution in [0.4, 0.5) is 14.5 Å². The van der Waals surface area contributed by atoms with Gasteiger partial charge in [0.15, 0.2) is 16.8 Å². The zero-order valence-corrected chi connectivity index (χ0v) is 20.1. The van der Waals surface area contributed by atoms with Gasteiger partial charge in [-0.15, -0.1) is 16.8 Å². The topological polar surface area (TPSA) is 109 Å². The zero-order valence-electron chi connectivity index (χ0n) is 17.7. The van der Waals surface area contributed by atoms with Gasteiger partial charge in [-0.3, -0.25) is 9.59 Å². The lowest BCUT2D eigenvalue weighted by atomic mass is 10.2. The molecule has 0 aliphatic carbocycles. The Bertz CT molecular complexity index is 1170. The van der Waals surface area contributed by atoms with Crippen LogP contribution >= 0.6 is 27.7 Å². The number of carbonyl (C=O) groups excluding carboxylic acids is 2. The van der Waals surface area contributed by atoms with Gasteiger partial charge in [0.25, 0.3) is 5.91 Å². The summed E-state index contributed by atoms with van der Waals surface area (Å²) in [5.41, 5.74) is 0.241. The first-order valence-electron chi connectivity index (χ1n) is 9.92. The van der Waals surface area contributed by atoms with Gasteiger partial charge in [0.1, 0.15) is 11.9 Å². The lowest BCUT2D eigenvalue weighted by Crippen LogP contribution is -2.33. The maximum absolute atomic E-state index is 14.0. The third-order valence-electron chi connectivity index (χ3n) is 4.50. The Labute approximate surface area is 206 Å². The van der Waals surface area contributed by atoms with Crippen LogP contribution < -0.4 is 10.6 Å². The van der Waals surface area contributed by atoms with Crippen LogP contribution in [0, 0.1) is 11.6 Å². The van der Waals surface area contributed by atoms with E-state index in [1.807, 2.05) is 0 Å². The van der Waals surface area contributed by atoms with Crippen molar-refractivity contribution in [1.82, 2.24) is 20.1 Å². The molecule has 34 heavy (non-hydrogen) atoms. The van der Waals surface area contributed by atoms with Gasteiger partial charge < -0.3 is 20.3 Å². The van der Waals surface area contributed by atoms with E-state index in [1.54, 1.807) is 41.0 Å². The number of hydrogen-bond acceptors (Lipinski definition) is 6. The second kappa shape index (κ2) is 11.9. The zero-order chi connectivity index (χ0) is 24.7. The van der Waals surface area contributed by atoms with Crippen LogP contribution in [0.15, 0.2) is 64.7 Å². The van der Waals surface area contributed by atoms with Crippen molar-refractivity contribution >= 4 is 45.2 Å². The Kier molecular flexibility index (Phi) is 8.91. The molecule has 0 saturated carbocycles. The van der Waals surface area contributed by atoms with E-state index in [0.717, 1.165) is 17.8 Å². The fourth-order valence-electron chi connectivity index (χ4n) is 2.96. The number of aliphatic hydroxyl groups is 1. The third-order valence-corrected chi connectivity index (χ3v) is 6.09. The van der Waals surface area contributed by atoms with Crippen molar-refractivity contribution in [2.75, 3.05) is 17.7 Å². The van der Waals surface area contributed by atoms with E-state index in [4.69, 9.17) is 0 Å². The highest BCUT2D eigenvalue weighted by Crippen LogP contribution is 2.27. The fourth-order valence-corrected chi connectivity index (χ4v) is 4.22. The molecule has 0 fully saturated rings. The van der Waals surface area contributed by atoms with E-state index in [-0.39, 0.29) is 28.3 Å². The number of aromatic nitrogens is 3. The van der Waals surface area contributed by atoms with Crippen molar-refractivity contribution in [3.8, 4) is 0 Å². The molecule has 178 valence electrons. The predicted molar refractivity (Wildman–Crippen MR) is 127 cm³/mol. The molecule has 2 aromatic carbocycles. The Morgan fingerprint density at radius 1 is 1.24 bits per heavy atom. The Hall–Kier alpha value is -3.09. The highest BCUT2D eigenvalue weighted by Gasteiger charge is 2.23. The monoisotopic (exact) mass is 551 g/mol. The number of benzene rings is 2. The molecule has 0 aliphatic rings. The van der Waals surface area contributed by atoms with Gasteiger partial charge in [0.05, 0.1) is 18.0 Å². The summed E-state index contributed by atoms with van der Waals surface area (Å²) in [6.45, 7) is 3.52. The molecule has 1 atom stereocenters. The van der Waals surface area contributed by atoms with Crippen LogP contribution in [0.25, 0.3) is 0 Å². The second-order valence-corrected chi connectivity index (χ2v) is 8.69. The number of amides is 2. The molecule has 8 nitrogen and oxygen atoms in total. The smallest absolute Gasteiger partial charge is 0.251 e. The number of nitrogens with one attached hydrogen (secondary N) is 2. The normalized spacial score (nSPS) is 11.6. The van der Waals surface area contributed by atoms with Gasteiger partial charge in [0, 0.05) is 22.6 Å². The van der Waals surface area contributed by atoms with Crippen LogP contribution in [0.2, 0.25) is 0 Å². The largest absolute Gasteiger partial charge is 0.394 e. The maximum atomic E-state index is 14.0. The Balaban J connectivity index is 1.72. The summed E-state index contributed by atoms with van der Waals surface area (Å²) >= 11 is 4.04. The summed E-state index contributed by atoms with van der Waals surface area (Å²) in [7, 11) is 0. The molecule has 0 unspecified atom stereocenters. The molecule has 3 N–H and O–H groups in total. The molecule has 12 heteroatoms. The summed E-state index contributed by atoms with van der Waals surface area (Å²) in [5, 5.41) is 23.4. The lowest BCUT2D eigenvalue weighted by Gasteiger charge is -2.17. The molecular weight excluding hydrogens is 532 g/mol. The van der Waals surface area contributed by atoms with Crippen molar-refractivity contribution in [2.45, 2.75) is 17.7 Å². The molecule has 0 radical (unpaired) electrons. The number of thioether (sulfide) groups is 1. The van der Waals surface area contributed by atoms with Gasteiger partial charge in [-0.05, 0) is 34.1 Å². The fraction of sp³-hybridized carbons (Fsp3) is 0.182. The average molecular weight is 552 g/mol. The van der Waals surface area contributed by atoms with Gasteiger partial charge in [-0.25, -0.2) is 8.78 Å². The van der Waals surface area contributed by atoms with Gasteiger partial charge in [-0.2, -0.15) is 0 Å². The molecule has 0 bridgehead atoms.